The number of H-pyrrole nitrogens is 1. The minimum Gasteiger partial charge on any atom is -0.342 e. The zero-order valence-corrected chi connectivity index (χ0v) is 8.19. The molecule has 0 saturated heterocycles. The van der Waals surface area contributed by atoms with Crippen LogP contribution in [0.5, 0.6) is 0 Å². The van der Waals surface area contributed by atoms with Gasteiger partial charge in [0.1, 0.15) is 5.52 Å². The molecular formula is C11H9N3O. The van der Waals surface area contributed by atoms with E-state index < -0.39 is 0 Å². The molecule has 0 bridgehead atoms. The van der Waals surface area contributed by atoms with E-state index in [0.29, 0.717) is 0 Å². The number of benzene rings is 1. The molecule has 2 aromatic heterocycles. The Hall–Kier alpha value is -2.10. The van der Waals surface area contributed by atoms with Crippen LogP contribution in [-0.4, -0.2) is 14.8 Å². The van der Waals surface area contributed by atoms with Crippen LogP contribution in [0.1, 0.15) is 0 Å². The SMILES string of the molecule is Cn1c2ccccc2c2n[nH]c(=O)cc21. The molecule has 0 fully saturated rings. The van der Waals surface area contributed by atoms with Crippen LogP contribution in [0.2, 0.25) is 0 Å². The lowest BCUT2D eigenvalue weighted by molar-refractivity contribution is 0.984. The van der Waals surface area contributed by atoms with Gasteiger partial charge < -0.3 is 4.57 Å². The van der Waals surface area contributed by atoms with Crippen LogP contribution in [0.3, 0.4) is 0 Å². The predicted octanol–water partition coefficient (Wildman–Crippen LogP) is 1.41. The number of hydrogen-bond acceptors (Lipinski definition) is 2. The van der Waals surface area contributed by atoms with Crippen molar-refractivity contribution in [1.82, 2.24) is 14.8 Å². The number of aromatic nitrogens is 3. The maximum atomic E-state index is 11.2. The molecule has 0 aliphatic heterocycles. The summed E-state index contributed by atoms with van der Waals surface area (Å²) < 4.78 is 1.98. The topological polar surface area (TPSA) is 50.7 Å². The summed E-state index contributed by atoms with van der Waals surface area (Å²) in [5.74, 6) is 0. The summed E-state index contributed by atoms with van der Waals surface area (Å²) in [6, 6.07) is 9.53. The van der Waals surface area contributed by atoms with Crippen molar-refractivity contribution in [3.8, 4) is 0 Å². The maximum absolute atomic E-state index is 11.2. The number of nitrogens with one attached hydrogen (secondary N) is 1. The van der Waals surface area contributed by atoms with Crippen molar-refractivity contribution in [3.05, 3.63) is 40.7 Å². The Morgan fingerprint density at radius 1 is 1.27 bits per heavy atom. The maximum Gasteiger partial charge on any atom is 0.266 e. The Morgan fingerprint density at radius 3 is 2.93 bits per heavy atom. The average Bonchev–Trinajstić information content (AvgIpc) is 2.54. The van der Waals surface area contributed by atoms with Crippen molar-refractivity contribution in [2.45, 2.75) is 0 Å². The summed E-state index contributed by atoms with van der Waals surface area (Å²) >= 11 is 0. The Kier molecular flexibility index (Phi) is 1.48. The highest BCUT2D eigenvalue weighted by atomic mass is 16.1. The fourth-order valence-electron chi connectivity index (χ4n) is 1.94. The highest BCUT2D eigenvalue weighted by Crippen LogP contribution is 2.24. The first kappa shape index (κ1) is 8.23. The van der Waals surface area contributed by atoms with Gasteiger partial charge >= 0.3 is 0 Å². The van der Waals surface area contributed by atoms with E-state index in [1.807, 2.05) is 35.9 Å². The van der Waals surface area contributed by atoms with E-state index in [2.05, 4.69) is 10.2 Å². The first-order chi connectivity index (χ1) is 7.27. The normalized spacial score (nSPS) is 11.3. The summed E-state index contributed by atoms with van der Waals surface area (Å²) in [6.07, 6.45) is 0. The molecule has 0 spiro atoms. The monoisotopic (exact) mass is 199 g/mol. The highest BCUT2D eigenvalue weighted by molar-refractivity contribution is 6.05. The highest BCUT2D eigenvalue weighted by Gasteiger charge is 2.08. The van der Waals surface area contributed by atoms with Gasteiger partial charge in [-0.3, -0.25) is 4.79 Å². The van der Waals surface area contributed by atoms with Crippen LogP contribution in [0, 0.1) is 0 Å². The lowest BCUT2D eigenvalue weighted by Gasteiger charge is -1.94. The molecule has 1 N–H and O–H groups in total. The van der Waals surface area contributed by atoms with Gasteiger partial charge in [0, 0.05) is 18.5 Å². The fraction of sp³-hybridized carbons (Fsp3) is 0.0909. The molecule has 1 aromatic carbocycles. The minimum absolute atomic E-state index is 0.173. The van der Waals surface area contributed by atoms with Crippen LogP contribution < -0.4 is 5.56 Å². The largest absolute Gasteiger partial charge is 0.342 e. The van der Waals surface area contributed by atoms with Gasteiger partial charge in [0.05, 0.1) is 11.0 Å². The molecule has 0 saturated carbocycles. The number of aromatic amines is 1. The second-order valence-corrected chi connectivity index (χ2v) is 3.54. The van der Waals surface area contributed by atoms with Crippen LogP contribution >= 0.6 is 0 Å². The first-order valence-electron chi connectivity index (χ1n) is 4.70. The summed E-state index contributed by atoms with van der Waals surface area (Å²) in [5.41, 5.74) is 2.61. The molecule has 4 nitrogen and oxygen atoms in total. The van der Waals surface area contributed by atoms with E-state index in [1.54, 1.807) is 6.07 Å². The van der Waals surface area contributed by atoms with Gasteiger partial charge in [-0.1, -0.05) is 18.2 Å². The van der Waals surface area contributed by atoms with E-state index in [9.17, 15) is 4.79 Å². The quantitative estimate of drug-likeness (QED) is 0.595. The Morgan fingerprint density at radius 2 is 2.07 bits per heavy atom. The zero-order chi connectivity index (χ0) is 10.4. The predicted molar refractivity (Wildman–Crippen MR) is 58.8 cm³/mol. The third kappa shape index (κ3) is 1.01. The van der Waals surface area contributed by atoms with E-state index in [4.69, 9.17) is 0 Å². The summed E-state index contributed by atoms with van der Waals surface area (Å²) in [6.45, 7) is 0. The molecule has 0 radical (unpaired) electrons. The second-order valence-electron chi connectivity index (χ2n) is 3.54. The molecular weight excluding hydrogens is 190 g/mol. The number of para-hydroxylation sites is 1. The molecule has 0 aliphatic carbocycles. The van der Waals surface area contributed by atoms with Gasteiger partial charge in [-0.25, -0.2) is 5.10 Å². The van der Waals surface area contributed by atoms with Gasteiger partial charge in [-0.05, 0) is 6.07 Å². The molecule has 3 aromatic rings. The standard InChI is InChI=1S/C11H9N3O/c1-14-8-5-3-2-4-7(8)11-9(14)6-10(15)12-13-11/h2-6H,1H3,(H,12,15). The Labute approximate surface area is 85.1 Å². The van der Waals surface area contributed by atoms with Crippen LogP contribution in [0.4, 0.5) is 0 Å². The van der Waals surface area contributed by atoms with E-state index in [1.165, 1.54) is 0 Å². The molecule has 4 heteroatoms. The molecule has 0 atom stereocenters. The molecule has 3 rings (SSSR count). The lowest BCUT2D eigenvalue weighted by atomic mass is 10.2. The van der Waals surface area contributed by atoms with Crippen molar-refractivity contribution in [2.75, 3.05) is 0 Å². The number of nitrogens with zero attached hydrogens (tertiary/aromatic N) is 2. The van der Waals surface area contributed by atoms with Gasteiger partial charge in [0.2, 0.25) is 0 Å². The van der Waals surface area contributed by atoms with Crippen LogP contribution in [-0.2, 0) is 7.05 Å². The number of aryl methyl sites for hydroxylation is 1. The zero-order valence-electron chi connectivity index (χ0n) is 8.19. The van der Waals surface area contributed by atoms with E-state index in [0.717, 1.165) is 21.9 Å². The van der Waals surface area contributed by atoms with Crippen molar-refractivity contribution in [2.24, 2.45) is 7.05 Å². The first-order valence-corrected chi connectivity index (χ1v) is 4.70. The van der Waals surface area contributed by atoms with Crippen molar-refractivity contribution in [1.29, 1.82) is 0 Å². The summed E-state index contributed by atoms with van der Waals surface area (Å²) in [4.78, 5) is 11.2. The van der Waals surface area contributed by atoms with Gasteiger partial charge in [-0.15, -0.1) is 0 Å². The molecule has 0 unspecified atom stereocenters. The van der Waals surface area contributed by atoms with Crippen LogP contribution in [0.15, 0.2) is 35.1 Å². The number of fused-ring (bicyclic) bond motifs is 3. The molecule has 2 heterocycles. The van der Waals surface area contributed by atoms with Gasteiger partial charge in [0.25, 0.3) is 5.56 Å². The van der Waals surface area contributed by atoms with E-state index >= 15 is 0 Å². The van der Waals surface area contributed by atoms with Gasteiger partial charge in [0.15, 0.2) is 0 Å². The van der Waals surface area contributed by atoms with Gasteiger partial charge in [-0.2, -0.15) is 5.10 Å². The fourth-order valence-corrected chi connectivity index (χ4v) is 1.94. The van der Waals surface area contributed by atoms with Crippen molar-refractivity contribution < 1.29 is 0 Å². The summed E-state index contributed by atoms with van der Waals surface area (Å²) in [5, 5.41) is 7.59. The third-order valence-electron chi connectivity index (χ3n) is 2.67. The van der Waals surface area contributed by atoms with Crippen molar-refractivity contribution in [3.63, 3.8) is 0 Å². The molecule has 0 amide bonds. The van der Waals surface area contributed by atoms with Crippen LogP contribution in [0.25, 0.3) is 21.9 Å². The number of rotatable bonds is 0. The summed E-state index contributed by atoms with van der Waals surface area (Å²) in [7, 11) is 1.94. The lowest BCUT2D eigenvalue weighted by Crippen LogP contribution is -2.05. The molecule has 15 heavy (non-hydrogen) atoms. The number of hydrogen-bond donors (Lipinski definition) is 1. The van der Waals surface area contributed by atoms with E-state index in [-0.39, 0.29) is 5.56 Å². The molecule has 0 aliphatic rings. The average molecular weight is 199 g/mol. The smallest absolute Gasteiger partial charge is 0.266 e. The second kappa shape index (κ2) is 2.70. The molecule has 74 valence electrons. The minimum atomic E-state index is -0.173. The third-order valence-corrected chi connectivity index (χ3v) is 2.67. The Balaban J connectivity index is 2.69. The van der Waals surface area contributed by atoms with Crippen molar-refractivity contribution >= 4 is 21.9 Å². The Bertz CT molecular complexity index is 708.